The van der Waals surface area contributed by atoms with Crippen LogP contribution in [-0.4, -0.2) is 43.9 Å². The van der Waals surface area contributed by atoms with Gasteiger partial charge in [-0.3, -0.25) is 9.59 Å². The Kier molecular flexibility index (Phi) is 5.85. The van der Waals surface area contributed by atoms with Crippen molar-refractivity contribution in [3.63, 3.8) is 0 Å². The molecule has 0 heterocycles. The number of anilines is 1. The van der Waals surface area contributed by atoms with Crippen LogP contribution in [0.3, 0.4) is 0 Å². The van der Waals surface area contributed by atoms with E-state index in [4.69, 9.17) is 0 Å². The molecule has 0 saturated carbocycles. The molecule has 104 valence electrons. The molecule has 1 aromatic carbocycles. The van der Waals surface area contributed by atoms with Crippen LogP contribution in [0.25, 0.3) is 0 Å². The summed E-state index contributed by atoms with van der Waals surface area (Å²) in [5.41, 5.74) is 1.32. The smallest absolute Gasteiger partial charge is 0.256 e. The number of nitrogens with one attached hydrogen (secondary N) is 2. The molecular weight excluding hydrogens is 242 g/mol. The summed E-state index contributed by atoms with van der Waals surface area (Å²) in [5, 5.41) is 5.72. The Labute approximate surface area is 114 Å². The minimum atomic E-state index is -0.170. The van der Waals surface area contributed by atoms with Crippen LogP contribution in [0.4, 0.5) is 5.69 Å². The average molecular weight is 263 g/mol. The number of hydrogen-bond acceptors (Lipinski definition) is 3. The molecule has 0 unspecified atom stereocenters. The van der Waals surface area contributed by atoms with Gasteiger partial charge in [-0.15, -0.1) is 0 Å². The van der Waals surface area contributed by atoms with Crippen LogP contribution < -0.4 is 10.6 Å². The highest BCUT2D eigenvalue weighted by molar-refractivity contribution is 6.00. The molecule has 0 bridgehead atoms. The summed E-state index contributed by atoms with van der Waals surface area (Å²) in [4.78, 5) is 25.2. The average Bonchev–Trinajstić information content (AvgIpc) is 2.44. The second-order valence-electron chi connectivity index (χ2n) is 4.31. The Morgan fingerprint density at radius 3 is 2.58 bits per heavy atom. The number of hydrogen-bond donors (Lipinski definition) is 2. The molecule has 19 heavy (non-hydrogen) atoms. The van der Waals surface area contributed by atoms with Crippen LogP contribution in [-0.2, 0) is 4.79 Å². The monoisotopic (exact) mass is 263 g/mol. The largest absolute Gasteiger partial charge is 0.387 e. The van der Waals surface area contributed by atoms with Gasteiger partial charge in [0.2, 0.25) is 5.91 Å². The van der Waals surface area contributed by atoms with Crippen molar-refractivity contribution in [1.82, 2.24) is 10.2 Å². The van der Waals surface area contributed by atoms with Crippen LogP contribution in [0.5, 0.6) is 0 Å². The lowest BCUT2D eigenvalue weighted by molar-refractivity contribution is -0.121. The molecule has 0 spiro atoms. The number of carbonyl (C=O) groups excluding carboxylic acids is 2. The maximum Gasteiger partial charge on any atom is 0.256 e. The zero-order valence-corrected chi connectivity index (χ0v) is 11.7. The highest BCUT2D eigenvalue weighted by Gasteiger charge is 2.16. The lowest BCUT2D eigenvalue weighted by Gasteiger charge is -2.18. The van der Waals surface area contributed by atoms with Crippen molar-refractivity contribution in [2.24, 2.45) is 0 Å². The first-order valence-corrected chi connectivity index (χ1v) is 6.39. The first kappa shape index (κ1) is 15.0. The summed E-state index contributed by atoms with van der Waals surface area (Å²) < 4.78 is 0. The van der Waals surface area contributed by atoms with E-state index < -0.39 is 0 Å². The highest BCUT2D eigenvalue weighted by Crippen LogP contribution is 2.15. The van der Waals surface area contributed by atoms with Gasteiger partial charge >= 0.3 is 0 Å². The molecule has 2 amide bonds. The third-order valence-corrected chi connectivity index (χ3v) is 2.73. The summed E-state index contributed by atoms with van der Waals surface area (Å²) in [6.45, 7) is 2.68. The standard InChI is InChI=1S/C14H21N3O2/c1-4-9-16-13(18)10-17(3)14(19)11-7-5-6-8-12(11)15-2/h5-8,15H,4,9-10H2,1-3H3,(H,16,18). The molecule has 0 fully saturated rings. The SMILES string of the molecule is CCCNC(=O)CN(C)C(=O)c1ccccc1NC. The van der Waals surface area contributed by atoms with E-state index in [9.17, 15) is 9.59 Å². The van der Waals surface area contributed by atoms with Crippen LogP contribution in [0.15, 0.2) is 24.3 Å². The highest BCUT2D eigenvalue weighted by atomic mass is 16.2. The first-order chi connectivity index (χ1) is 9.10. The van der Waals surface area contributed by atoms with Crippen molar-refractivity contribution < 1.29 is 9.59 Å². The topological polar surface area (TPSA) is 61.4 Å². The van der Waals surface area contributed by atoms with E-state index in [1.807, 2.05) is 19.1 Å². The zero-order valence-electron chi connectivity index (χ0n) is 11.7. The van der Waals surface area contributed by atoms with E-state index in [1.165, 1.54) is 4.90 Å². The zero-order chi connectivity index (χ0) is 14.3. The van der Waals surface area contributed by atoms with Gasteiger partial charge in [0, 0.05) is 26.3 Å². The molecule has 0 aromatic heterocycles. The van der Waals surface area contributed by atoms with Crippen molar-refractivity contribution in [3.8, 4) is 0 Å². The number of nitrogens with zero attached hydrogens (tertiary/aromatic N) is 1. The Balaban J connectivity index is 2.69. The van der Waals surface area contributed by atoms with Crippen molar-refractivity contribution in [3.05, 3.63) is 29.8 Å². The maximum atomic E-state index is 12.2. The van der Waals surface area contributed by atoms with Crippen molar-refractivity contribution in [2.45, 2.75) is 13.3 Å². The van der Waals surface area contributed by atoms with Gasteiger partial charge in [-0.1, -0.05) is 19.1 Å². The molecule has 2 N–H and O–H groups in total. The molecule has 5 heteroatoms. The number of carbonyl (C=O) groups is 2. The van der Waals surface area contributed by atoms with Crippen LogP contribution in [0, 0.1) is 0 Å². The van der Waals surface area contributed by atoms with E-state index in [0.29, 0.717) is 12.1 Å². The predicted octanol–water partition coefficient (Wildman–Crippen LogP) is 1.33. The van der Waals surface area contributed by atoms with Crippen LogP contribution in [0.1, 0.15) is 23.7 Å². The lowest BCUT2D eigenvalue weighted by Crippen LogP contribution is -2.38. The van der Waals surface area contributed by atoms with Gasteiger partial charge in [0.05, 0.1) is 12.1 Å². The summed E-state index contributed by atoms with van der Waals surface area (Å²) in [6, 6.07) is 7.24. The number of likely N-dealkylation sites (N-methyl/N-ethyl adjacent to an activating group) is 1. The molecule has 0 saturated heterocycles. The molecule has 0 aliphatic rings. The molecular formula is C14H21N3O2. The summed E-state index contributed by atoms with van der Waals surface area (Å²) in [6.07, 6.45) is 0.881. The molecule has 0 atom stereocenters. The molecule has 1 rings (SSSR count). The van der Waals surface area contributed by atoms with Gasteiger partial charge in [0.25, 0.3) is 5.91 Å². The summed E-state index contributed by atoms with van der Waals surface area (Å²) >= 11 is 0. The Hall–Kier alpha value is -2.04. The minimum absolute atomic E-state index is 0.0664. The van der Waals surface area contributed by atoms with Crippen molar-refractivity contribution in [2.75, 3.05) is 32.5 Å². The third-order valence-electron chi connectivity index (χ3n) is 2.73. The van der Waals surface area contributed by atoms with Gasteiger partial charge in [-0.25, -0.2) is 0 Å². The van der Waals surface area contributed by atoms with Crippen LogP contribution in [0.2, 0.25) is 0 Å². The Morgan fingerprint density at radius 2 is 1.95 bits per heavy atom. The third kappa shape index (κ3) is 4.28. The molecule has 5 nitrogen and oxygen atoms in total. The Morgan fingerprint density at radius 1 is 1.26 bits per heavy atom. The first-order valence-electron chi connectivity index (χ1n) is 6.39. The number of benzene rings is 1. The normalized spacial score (nSPS) is 9.84. The fourth-order valence-electron chi connectivity index (χ4n) is 1.70. The second kappa shape index (κ2) is 7.41. The van der Waals surface area contributed by atoms with Crippen LogP contribution >= 0.6 is 0 Å². The van der Waals surface area contributed by atoms with E-state index in [-0.39, 0.29) is 18.4 Å². The quantitative estimate of drug-likeness (QED) is 0.814. The molecule has 0 aliphatic heterocycles. The summed E-state index contributed by atoms with van der Waals surface area (Å²) in [7, 11) is 3.39. The Bertz CT molecular complexity index is 446. The lowest BCUT2D eigenvalue weighted by atomic mass is 10.1. The van der Waals surface area contributed by atoms with Gasteiger partial charge in [0.15, 0.2) is 0 Å². The molecule has 0 radical (unpaired) electrons. The van der Waals surface area contributed by atoms with E-state index in [1.54, 1.807) is 26.2 Å². The molecule has 1 aromatic rings. The number of para-hydroxylation sites is 1. The van der Waals surface area contributed by atoms with Gasteiger partial charge in [-0.05, 0) is 18.6 Å². The van der Waals surface area contributed by atoms with Gasteiger partial charge in [0.1, 0.15) is 0 Å². The van der Waals surface area contributed by atoms with Crippen molar-refractivity contribution >= 4 is 17.5 Å². The van der Waals surface area contributed by atoms with Gasteiger partial charge < -0.3 is 15.5 Å². The van der Waals surface area contributed by atoms with E-state index in [0.717, 1.165) is 12.1 Å². The fraction of sp³-hybridized carbons (Fsp3) is 0.429. The minimum Gasteiger partial charge on any atom is -0.387 e. The van der Waals surface area contributed by atoms with E-state index >= 15 is 0 Å². The maximum absolute atomic E-state index is 12.2. The number of amides is 2. The number of rotatable bonds is 6. The summed E-state index contributed by atoms with van der Waals surface area (Å²) in [5.74, 6) is -0.309. The van der Waals surface area contributed by atoms with Crippen molar-refractivity contribution in [1.29, 1.82) is 0 Å². The van der Waals surface area contributed by atoms with Gasteiger partial charge in [-0.2, -0.15) is 0 Å². The predicted molar refractivity (Wildman–Crippen MR) is 76.2 cm³/mol. The fourth-order valence-corrected chi connectivity index (χ4v) is 1.70. The second-order valence-corrected chi connectivity index (χ2v) is 4.31. The molecule has 0 aliphatic carbocycles. The van der Waals surface area contributed by atoms with E-state index in [2.05, 4.69) is 10.6 Å².